The highest BCUT2D eigenvalue weighted by Gasteiger charge is 2.19. The first kappa shape index (κ1) is 21.5. The fraction of sp³-hybridized carbons (Fsp3) is 0.158. The van der Waals surface area contributed by atoms with Crippen LogP contribution in [0.5, 0.6) is 5.75 Å². The molecule has 0 saturated heterocycles. The molecule has 0 N–H and O–H groups in total. The second-order valence-corrected chi connectivity index (χ2v) is 8.36. The number of ether oxygens (including phenoxy) is 2. The molecule has 0 aliphatic carbocycles. The first-order chi connectivity index (χ1) is 13.0. The van der Waals surface area contributed by atoms with Crippen molar-refractivity contribution in [3.63, 3.8) is 0 Å². The van der Waals surface area contributed by atoms with Crippen LogP contribution in [0.4, 0.5) is 0 Å². The van der Waals surface area contributed by atoms with Crippen LogP contribution in [0.1, 0.15) is 16.7 Å². The molecule has 2 aromatic carbocycles. The normalized spacial score (nSPS) is 10.9. The Morgan fingerprint density at radius 1 is 1.19 bits per heavy atom. The van der Waals surface area contributed by atoms with E-state index in [0.29, 0.717) is 16.3 Å². The highest BCUT2D eigenvalue weighted by molar-refractivity contribution is 9.28. The van der Waals surface area contributed by atoms with Crippen LogP contribution in [0.15, 0.2) is 51.0 Å². The van der Waals surface area contributed by atoms with Crippen molar-refractivity contribution in [1.29, 1.82) is 0 Å². The molecule has 0 fully saturated rings. The number of carbonyl (C=O) groups is 1. The quantitative estimate of drug-likeness (QED) is 0.275. The summed E-state index contributed by atoms with van der Waals surface area (Å²) < 4.78 is 11.4. The fourth-order valence-corrected chi connectivity index (χ4v) is 2.97. The number of carbonyl (C=O) groups excluding carboxylic acids is 1. The number of nitrogens with zero attached hydrogens (tertiary/aromatic N) is 1. The third kappa shape index (κ3) is 6.09. The number of benzene rings is 2. The Balaban J connectivity index is 2.24. The molecule has 0 heterocycles. The van der Waals surface area contributed by atoms with Crippen LogP contribution in [0.3, 0.4) is 0 Å². The maximum Gasteiger partial charge on any atom is 0.360 e. The summed E-state index contributed by atoms with van der Waals surface area (Å²) in [4.78, 5) is 16.8. The Morgan fingerprint density at radius 2 is 1.93 bits per heavy atom. The van der Waals surface area contributed by atoms with Crippen molar-refractivity contribution >= 4 is 61.2 Å². The van der Waals surface area contributed by atoms with Gasteiger partial charge in [0.25, 0.3) is 0 Å². The van der Waals surface area contributed by atoms with Crippen molar-refractivity contribution in [1.82, 2.24) is 0 Å². The molecule has 0 spiro atoms. The minimum atomic E-state index is -0.594. The van der Waals surface area contributed by atoms with Gasteiger partial charge in [0.05, 0.1) is 15.5 Å². The van der Waals surface area contributed by atoms with Gasteiger partial charge >= 0.3 is 5.97 Å². The zero-order valence-corrected chi connectivity index (χ0v) is 18.5. The second-order valence-electron chi connectivity index (χ2n) is 5.18. The summed E-state index contributed by atoms with van der Waals surface area (Å²) in [7, 11) is 2.65. The van der Waals surface area contributed by atoms with E-state index in [1.807, 2.05) is 30.3 Å². The first-order valence-electron chi connectivity index (χ1n) is 7.69. The molecule has 2 rings (SSSR count). The SMILES string of the molecule is CON=C(C(=O)OC)c1ccccc1COc1ccc(C=C(Br)Br)c(Cl)c1. The van der Waals surface area contributed by atoms with Crippen LogP contribution in [-0.4, -0.2) is 25.9 Å². The number of methoxy groups -OCH3 is 1. The minimum absolute atomic E-state index is 0.0693. The molecule has 0 radical (unpaired) electrons. The predicted molar refractivity (Wildman–Crippen MR) is 114 cm³/mol. The highest BCUT2D eigenvalue weighted by Crippen LogP contribution is 2.28. The number of esters is 1. The Kier molecular flexibility index (Phi) is 8.34. The van der Waals surface area contributed by atoms with Crippen molar-refractivity contribution in [2.24, 2.45) is 5.16 Å². The van der Waals surface area contributed by atoms with E-state index in [1.54, 1.807) is 18.2 Å². The third-order valence-electron chi connectivity index (χ3n) is 3.46. The molecule has 0 bridgehead atoms. The van der Waals surface area contributed by atoms with Gasteiger partial charge in [0.2, 0.25) is 0 Å². The van der Waals surface area contributed by atoms with Gasteiger partial charge in [-0.3, -0.25) is 0 Å². The van der Waals surface area contributed by atoms with Gasteiger partial charge in [-0.15, -0.1) is 0 Å². The van der Waals surface area contributed by atoms with Gasteiger partial charge in [-0.05, 0) is 67.3 Å². The largest absolute Gasteiger partial charge is 0.489 e. The van der Waals surface area contributed by atoms with E-state index in [0.717, 1.165) is 14.5 Å². The van der Waals surface area contributed by atoms with E-state index in [4.69, 9.17) is 25.9 Å². The van der Waals surface area contributed by atoms with Crippen molar-refractivity contribution in [2.75, 3.05) is 14.2 Å². The first-order valence-corrected chi connectivity index (χ1v) is 9.65. The molecule has 0 aliphatic rings. The molecule has 0 unspecified atom stereocenters. The van der Waals surface area contributed by atoms with E-state index >= 15 is 0 Å². The molecule has 5 nitrogen and oxygen atoms in total. The van der Waals surface area contributed by atoms with Crippen LogP contribution >= 0.6 is 43.5 Å². The average molecular weight is 518 g/mol. The predicted octanol–water partition coefficient (Wildman–Crippen LogP) is 5.53. The van der Waals surface area contributed by atoms with E-state index in [-0.39, 0.29) is 12.3 Å². The van der Waals surface area contributed by atoms with Gasteiger partial charge in [-0.1, -0.05) is 41.0 Å². The smallest absolute Gasteiger partial charge is 0.360 e. The zero-order valence-electron chi connectivity index (χ0n) is 14.5. The lowest BCUT2D eigenvalue weighted by Gasteiger charge is -2.12. The number of hydrogen-bond donors (Lipinski definition) is 0. The minimum Gasteiger partial charge on any atom is -0.489 e. The van der Waals surface area contributed by atoms with Crippen LogP contribution in [0.2, 0.25) is 5.02 Å². The van der Waals surface area contributed by atoms with Crippen molar-refractivity contribution < 1.29 is 19.1 Å². The van der Waals surface area contributed by atoms with E-state index in [1.165, 1.54) is 14.2 Å². The average Bonchev–Trinajstić information content (AvgIpc) is 2.66. The number of hydrogen-bond acceptors (Lipinski definition) is 5. The van der Waals surface area contributed by atoms with Crippen LogP contribution in [0.25, 0.3) is 6.08 Å². The molecule has 0 atom stereocenters. The monoisotopic (exact) mass is 515 g/mol. The summed E-state index contributed by atoms with van der Waals surface area (Å²) >= 11 is 12.9. The van der Waals surface area contributed by atoms with Gasteiger partial charge in [-0.2, -0.15) is 0 Å². The summed E-state index contributed by atoms with van der Waals surface area (Å²) in [5.74, 6) is 0.00443. The maximum absolute atomic E-state index is 12.0. The number of rotatable bonds is 7. The molecule has 0 saturated carbocycles. The van der Waals surface area contributed by atoms with Crippen molar-refractivity contribution in [3.8, 4) is 5.75 Å². The molecule has 0 aromatic heterocycles. The van der Waals surface area contributed by atoms with Gasteiger partial charge in [0.1, 0.15) is 19.5 Å². The molecule has 27 heavy (non-hydrogen) atoms. The molecular weight excluding hydrogens is 501 g/mol. The number of halogens is 3. The van der Waals surface area contributed by atoms with Gasteiger partial charge in [0.15, 0.2) is 5.71 Å². The van der Waals surface area contributed by atoms with Gasteiger partial charge < -0.3 is 14.3 Å². The Bertz CT molecular complexity index is 880. The Labute approximate surface area is 179 Å². The van der Waals surface area contributed by atoms with E-state index in [9.17, 15) is 4.79 Å². The topological polar surface area (TPSA) is 57.1 Å². The summed E-state index contributed by atoms with van der Waals surface area (Å²) in [6, 6.07) is 12.6. The molecule has 0 amide bonds. The maximum atomic E-state index is 12.0. The molecule has 0 aliphatic heterocycles. The lowest BCUT2D eigenvalue weighted by atomic mass is 10.0. The molecule has 2 aromatic rings. The third-order valence-corrected chi connectivity index (χ3v) is 4.25. The Morgan fingerprint density at radius 3 is 2.56 bits per heavy atom. The molecule has 8 heteroatoms. The summed E-state index contributed by atoms with van der Waals surface area (Å²) in [5.41, 5.74) is 2.23. The Hall–Kier alpha value is -1.83. The summed E-state index contributed by atoms with van der Waals surface area (Å²) in [6.07, 6.45) is 1.84. The van der Waals surface area contributed by atoms with Gasteiger partial charge in [0, 0.05) is 5.56 Å². The molecular formula is C19H16Br2ClNO4. The van der Waals surface area contributed by atoms with Crippen molar-refractivity contribution in [2.45, 2.75) is 6.61 Å². The van der Waals surface area contributed by atoms with Gasteiger partial charge in [-0.25, -0.2) is 4.79 Å². The highest BCUT2D eigenvalue weighted by atomic mass is 79.9. The van der Waals surface area contributed by atoms with E-state index < -0.39 is 5.97 Å². The summed E-state index contributed by atoms with van der Waals surface area (Å²) in [5, 5.41) is 4.33. The lowest BCUT2D eigenvalue weighted by molar-refractivity contribution is -0.132. The van der Waals surface area contributed by atoms with E-state index in [2.05, 4.69) is 37.0 Å². The zero-order chi connectivity index (χ0) is 19.8. The fourth-order valence-electron chi connectivity index (χ4n) is 2.25. The number of oxime groups is 1. The summed E-state index contributed by atoms with van der Waals surface area (Å²) in [6.45, 7) is 0.212. The van der Waals surface area contributed by atoms with Crippen LogP contribution in [-0.2, 0) is 21.0 Å². The lowest BCUT2D eigenvalue weighted by Crippen LogP contribution is -2.19. The standard InChI is InChI=1S/C19H16Br2ClNO4/c1-25-19(24)18(23-26-2)15-6-4-3-5-13(15)11-27-14-8-7-12(9-17(20)21)16(22)10-14/h3-10H,11H2,1-2H3. The second kappa shape index (κ2) is 10.5. The van der Waals surface area contributed by atoms with Crippen LogP contribution < -0.4 is 4.74 Å². The van der Waals surface area contributed by atoms with Crippen molar-refractivity contribution in [3.05, 3.63) is 67.6 Å². The van der Waals surface area contributed by atoms with Crippen LogP contribution in [0, 0.1) is 0 Å². The molecule has 142 valence electrons.